The number of H-pyrrole nitrogens is 2. The van der Waals surface area contributed by atoms with Crippen LogP contribution in [0.4, 0.5) is 8.78 Å². The number of hydrogen-bond donors (Lipinski definition) is 2. The second-order valence-electron chi connectivity index (χ2n) is 7.09. The van der Waals surface area contributed by atoms with Gasteiger partial charge in [0.05, 0.1) is 28.9 Å². The summed E-state index contributed by atoms with van der Waals surface area (Å²) in [7, 11) is 0. The highest BCUT2D eigenvalue weighted by atomic mass is 19.3. The molecule has 2 N–H and O–H groups in total. The molecule has 1 aliphatic carbocycles. The van der Waals surface area contributed by atoms with E-state index in [0.29, 0.717) is 27.7 Å². The Balaban J connectivity index is 1.71. The Hall–Kier alpha value is -3.68. The highest BCUT2D eigenvalue weighted by Crippen LogP contribution is 2.41. The highest BCUT2D eigenvalue weighted by molar-refractivity contribution is 6.03. The van der Waals surface area contributed by atoms with Crippen LogP contribution in [0, 0.1) is 0 Å². The number of hydrogen-bond acceptors (Lipinski definition) is 4. The Morgan fingerprint density at radius 1 is 1.03 bits per heavy atom. The minimum Gasteiger partial charge on any atom is -0.487 e. The molecule has 8 heteroatoms. The summed E-state index contributed by atoms with van der Waals surface area (Å²) in [6.45, 7) is -2.95. The fourth-order valence-electron chi connectivity index (χ4n) is 3.49. The van der Waals surface area contributed by atoms with E-state index >= 15 is 0 Å². The summed E-state index contributed by atoms with van der Waals surface area (Å²) in [5.74, 6) is 0.234. The number of aromatic nitrogens is 3. The number of nitrogens with zero attached hydrogens (tertiary/aromatic N) is 1. The summed E-state index contributed by atoms with van der Waals surface area (Å²) in [6.07, 6.45) is 3.30. The smallest absolute Gasteiger partial charge is 0.387 e. The topological polar surface area (TPSA) is 80.0 Å². The van der Waals surface area contributed by atoms with Crippen molar-refractivity contribution in [3.63, 3.8) is 0 Å². The molecule has 4 aromatic rings. The Morgan fingerprint density at radius 3 is 2.57 bits per heavy atom. The van der Waals surface area contributed by atoms with E-state index in [2.05, 4.69) is 19.9 Å². The van der Waals surface area contributed by atoms with Crippen LogP contribution in [-0.4, -0.2) is 27.9 Å². The molecule has 0 saturated heterocycles. The molecule has 6 nitrogen and oxygen atoms in total. The maximum Gasteiger partial charge on any atom is 0.387 e. The van der Waals surface area contributed by atoms with E-state index in [1.165, 1.54) is 6.07 Å². The number of ether oxygens (including phenoxy) is 2. The molecule has 2 aromatic carbocycles. The van der Waals surface area contributed by atoms with Gasteiger partial charge in [-0.15, -0.1) is 0 Å². The van der Waals surface area contributed by atoms with Gasteiger partial charge in [0.25, 0.3) is 5.56 Å². The lowest BCUT2D eigenvalue weighted by Crippen LogP contribution is -2.07. The minimum absolute atomic E-state index is 0.00336. The molecular weight excluding hydrogens is 392 g/mol. The zero-order valence-electron chi connectivity index (χ0n) is 15.7. The van der Waals surface area contributed by atoms with Gasteiger partial charge in [0.15, 0.2) is 11.5 Å². The zero-order chi connectivity index (χ0) is 20.7. The summed E-state index contributed by atoms with van der Waals surface area (Å²) in [6, 6.07) is 14.3. The average Bonchev–Trinajstić information content (AvgIpc) is 3.46. The van der Waals surface area contributed by atoms with Crippen LogP contribution in [0.3, 0.4) is 0 Å². The van der Waals surface area contributed by atoms with Crippen LogP contribution in [-0.2, 0) is 0 Å². The molecule has 1 aliphatic rings. The maximum absolute atomic E-state index is 12.8. The highest BCUT2D eigenvalue weighted by Gasteiger charge is 2.26. The SMILES string of the molecule is O=c1[nH]ncc2[nH]c(-c3ccc(OC(F)F)c(OC4CC4)c3)c(-c3ccccc3)c12. The van der Waals surface area contributed by atoms with Crippen LogP contribution < -0.4 is 15.0 Å². The maximum atomic E-state index is 12.8. The normalized spacial score (nSPS) is 13.7. The molecule has 0 aliphatic heterocycles. The summed E-state index contributed by atoms with van der Waals surface area (Å²) < 4.78 is 36.1. The van der Waals surface area contributed by atoms with Crippen molar-refractivity contribution in [1.82, 2.24) is 15.2 Å². The molecule has 0 radical (unpaired) electrons. The van der Waals surface area contributed by atoms with Gasteiger partial charge in [-0.25, -0.2) is 5.10 Å². The molecule has 0 atom stereocenters. The first kappa shape index (κ1) is 18.4. The van der Waals surface area contributed by atoms with Gasteiger partial charge in [-0.3, -0.25) is 4.79 Å². The van der Waals surface area contributed by atoms with Gasteiger partial charge in [0.2, 0.25) is 0 Å². The van der Waals surface area contributed by atoms with Crippen molar-refractivity contribution >= 4 is 10.9 Å². The van der Waals surface area contributed by atoms with E-state index < -0.39 is 6.61 Å². The molecular formula is C22H17F2N3O3. The number of rotatable bonds is 6. The molecule has 152 valence electrons. The van der Waals surface area contributed by atoms with E-state index in [1.807, 2.05) is 30.3 Å². The van der Waals surface area contributed by atoms with Crippen molar-refractivity contribution in [2.24, 2.45) is 0 Å². The lowest BCUT2D eigenvalue weighted by Gasteiger charge is -2.14. The van der Waals surface area contributed by atoms with Crippen molar-refractivity contribution in [2.45, 2.75) is 25.6 Å². The first-order valence-electron chi connectivity index (χ1n) is 9.51. The largest absolute Gasteiger partial charge is 0.487 e. The number of alkyl halides is 2. The number of aromatic amines is 2. The van der Waals surface area contributed by atoms with Gasteiger partial charge < -0.3 is 14.5 Å². The van der Waals surface area contributed by atoms with Gasteiger partial charge in [-0.1, -0.05) is 30.3 Å². The Bertz CT molecular complexity index is 1260. The van der Waals surface area contributed by atoms with Crippen LogP contribution >= 0.6 is 0 Å². The monoisotopic (exact) mass is 409 g/mol. The molecule has 2 heterocycles. The number of halogens is 2. The first-order valence-corrected chi connectivity index (χ1v) is 9.51. The van der Waals surface area contributed by atoms with Crippen molar-refractivity contribution in [3.05, 3.63) is 65.1 Å². The van der Waals surface area contributed by atoms with Gasteiger partial charge in [0.1, 0.15) is 0 Å². The number of fused-ring (bicyclic) bond motifs is 1. The third-order valence-corrected chi connectivity index (χ3v) is 4.94. The summed E-state index contributed by atoms with van der Waals surface area (Å²) >= 11 is 0. The second-order valence-corrected chi connectivity index (χ2v) is 7.09. The minimum atomic E-state index is -2.95. The lowest BCUT2D eigenvalue weighted by molar-refractivity contribution is -0.0516. The molecule has 0 amide bonds. The summed E-state index contributed by atoms with van der Waals surface area (Å²) in [4.78, 5) is 15.8. The first-order chi connectivity index (χ1) is 14.6. The fraction of sp³-hybridized carbons (Fsp3) is 0.182. The Labute approximate surface area is 169 Å². The van der Waals surface area contributed by atoms with Crippen LogP contribution in [0.5, 0.6) is 11.5 Å². The van der Waals surface area contributed by atoms with E-state index in [0.717, 1.165) is 18.4 Å². The quantitative estimate of drug-likeness (QED) is 0.483. The molecule has 1 saturated carbocycles. The molecule has 0 bridgehead atoms. The van der Waals surface area contributed by atoms with Crippen LogP contribution in [0.2, 0.25) is 0 Å². The van der Waals surface area contributed by atoms with Gasteiger partial charge in [-0.2, -0.15) is 13.9 Å². The van der Waals surface area contributed by atoms with E-state index in [-0.39, 0.29) is 23.2 Å². The summed E-state index contributed by atoms with van der Waals surface area (Å²) in [5.41, 5.74) is 3.15. The third-order valence-electron chi connectivity index (χ3n) is 4.94. The molecule has 2 aromatic heterocycles. The van der Waals surface area contributed by atoms with Crippen molar-refractivity contribution < 1.29 is 18.3 Å². The standard InChI is InChI=1S/C22H17F2N3O3/c23-22(24)30-16-9-6-13(10-17(16)29-14-7-8-14)20-18(12-4-2-1-3-5-12)19-15(26-20)11-25-27-21(19)28/h1-6,9-11,14,22,26H,7-8H2,(H,27,28). The van der Waals surface area contributed by atoms with Crippen molar-refractivity contribution in [3.8, 4) is 33.9 Å². The average molecular weight is 409 g/mol. The molecule has 1 fully saturated rings. The molecule has 0 unspecified atom stereocenters. The van der Waals surface area contributed by atoms with E-state index in [4.69, 9.17) is 4.74 Å². The second kappa shape index (κ2) is 7.29. The number of nitrogens with one attached hydrogen (secondary N) is 2. The lowest BCUT2D eigenvalue weighted by atomic mass is 9.99. The van der Waals surface area contributed by atoms with E-state index in [9.17, 15) is 13.6 Å². The molecule has 5 rings (SSSR count). The van der Waals surface area contributed by atoms with Gasteiger partial charge in [0, 0.05) is 11.1 Å². The van der Waals surface area contributed by atoms with Crippen LogP contribution in [0.15, 0.2) is 59.5 Å². The summed E-state index contributed by atoms with van der Waals surface area (Å²) in [5, 5.41) is 6.82. The Morgan fingerprint density at radius 2 is 1.83 bits per heavy atom. The Kier molecular flexibility index (Phi) is 4.46. The van der Waals surface area contributed by atoms with E-state index in [1.54, 1.807) is 18.3 Å². The van der Waals surface area contributed by atoms with Crippen LogP contribution in [0.1, 0.15) is 12.8 Å². The predicted molar refractivity (Wildman–Crippen MR) is 108 cm³/mol. The van der Waals surface area contributed by atoms with Crippen molar-refractivity contribution in [1.29, 1.82) is 0 Å². The molecule has 30 heavy (non-hydrogen) atoms. The van der Waals surface area contributed by atoms with Gasteiger partial charge in [-0.05, 0) is 36.6 Å². The van der Waals surface area contributed by atoms with Crippen molar-refractivity contribution in [2.75, 3.05) is 0 Å². The van der Waals surface area contributed by atoms with Crippen LogP contribution in [0.25, 0.3) is 33.3 Å². The van der Waals surface area contributed by atoms with Gasteiger partial charge >= 0.3 is 6.61 Å². The third kappa shape index (κ3) is 3.41. The number of benzene rings is 2. The zero-order valence-corrected chi connectivity index (χ0v) is 15.7. The predicted octanol–water partition coefficient (Wildman–Crippen LogP) is 4.73. The fourth-order valence-corrected chi connectivity index (χ4v) is 3.49. The molecule has 0 spiro atoms.